The number of benzene rings is 3. The van der Waals surface area contributed by atoms with Gasteiger partial charge >= 0.3 is 5.97 Å². The summed E-state index contributed by atoms with van der Waals surface area (Å²) < 4.78 is 3.44. The molecule has 1 amide bonds. The molecule has 0 unspecified atom stereocenters. The molecule has 0 spiro atoms. The number of aromatic nitrogens is 1. The van der Waals surface area contributed by atoms with Crippen LogP contribution in [0.3, 0.4) is 0 Å². The molecule has 1 aliphatic rings. The zero-order chi connectivity index (χ0) is 25.2. The van der Waals surface area contributed by atoms with Crippen LogP contribution >= 0.6 is 11.3 Å². The molecule has 0 atom stereocenters. The molecule has 36 heavy (non-hydrogen) atoms. The second-order valence-electron chi connectivity index (χ2n) is 8.85. The summed E-state index contributed by atoms with van der Waals surface area (Å²) in [7, 11) is 2.08. The van der Waals surface area contributed by atoms with Crippen molar-refractivity contribution >= 4 is 56.5 Å². The number of fused-ring (bicyclic) bond motifs is 3. The van der Waals surface area contributed by atoms with Crippen LogP contribution in [-0.4, -0.2) is 41.5 Å². The molecule has 0 radical (unpaired) electrons. The van der Waals surface area contributed by atoms with Crippen LogP contribution in [-0.2, 0) is 16.6 Å². The SMILES string of the molecule is CCCN(CC(=O)O)C(=O)CN1c2ccccc2C(=Cc2sc3ccccc3[n+]2C)c2ccccc21. The van der Waals surface area contributed by atoms with E-state index in [0.29, 0.717) is 13.0 Å². The summed E-state index contributed by atoms with van der Waals surface area (Å²) >= 11 is 1.75. The molecule has 0 bridgehead atoms. The Morgan fingerprint density at radius 1 is 0.972 bits per heavy atom. The smallest absolute Gasteiger partial charge is 0.323 e. The molecule has 1 N–H and O–H groups in total. The van der Waals surface area contributed by atoms with E-state index in [1.807, 2.05) is 48.2 Å². The zero-order valence-corrected chi connectivity index (χ0v) is 21.2. The molecule has 7 heteroatoms. The van der Waals surface area contributed by atoms with Gasteiger partial charge in [0.2, 0.25) is 11.4 Å². The number of para-hydroxylation sites is 3. The molecule has 3 aromatic carbocycles. The largest absolute Gasteiger partial charge is 0.480 e. The summed E-state index contributed by atoms with van der Waals surface area (Å²) in [5.74, 6) is -1.20. The average Bonchev–Trinajstić information content (AvgIpc) is 3.20. The Morgan fingerprint density at radius 2 is 1.58 bits per heavy atom. The highest BCUT2D eigenvalue weighted by Gasteiger charge is 2.30. The van der Waals surface area contributed by atoms with Crippen molar-refractivity contribution in [1.29, 1.82) is 0 Å². The predicted octanol–water partition coefficient (Wildman–Crippen LogP) is 5.09. The van der Waals surface area contributed by atoms with Crippen LogP contribution in [0.15, 0.2) is 72.8 Å². The Kier molecular flexibility index (Phi) is 6.57. The number of aryl methyl sites for hydroxylation is 1. The quantitative estimate of drug-likeness (QED) is 0.361. The first-order chi connectivity index (χ1) is 17.5. The van der Waals surface area contributed by atoms with Gasteiger partial charge in [-0.2, -0.15) is 4.57 Å². The number of amides is 1. The van der Waals surface area contributed by atoms with Gasteiger partial charge in [-0.3, -0.25) is 9.59 Å². The van der Waals surface area contributed by atoms with Crippen LogP contribution in [0.5, 0.6) is 0 Å². The van der Waals surface area contributed by atoms with Gasteiger partial charge in [-0.1, -0.05) is 66.8 Å². The van der Waals surface area contributed by atoms with Gasteiger partial charge in [-0.15, -0.1) is 0 Å². The number of carbonyl (C=O) groups is 2. The molecule has 6 nitrogen and oxygen atoms in total. The number of carboxylic acid groups (broad SMARTS) is 1. The molecular weight excluding hydrogens is 470 g/mol. The maximum atomic E-state index is 13.3. The first-order valence-corrected chi connectivity index (χ1v) is 12.8. The van der Waals surface area contributed by atoms with Gasteiger partial charge in [0.1, 0.15) is 24.8 Å². The minimum atomic E-state index is -1.00. The number of carboxylic acids is 1. The number of aliphatic carboxylic acids is 1. The third-order valence-corrected chi connectivity index (χ3v) is 7.64. The lowest BCUT2D eigenvalue weighted by atomic mass is 9.90. The molecule has 2 heterocycles. The standard InChI is InChI=1S/C29H27N3O3S/c1-3-16-31(19-29(34)35)27(33)18-32-23-12-6-4-10-20(23)22(21-11-5-7-13-24(21)32)17-28-30(2)25-14-8-9-15-26(25)36-28/h4-15,17H,3,16,18-19H2,1-2H3/p+1. The number of hydrogen-bond donors (Lipinski definition) is 1. The van der Waals surface area contributed by atoms with Gasteiger partial charge in [0.05, 0.1) is 0 Å². The van der Waals surface area contributed by atoms with Crippen molar-refractivity contribution in [2.75, 3.05) is 24.5 Å². The molecular formula is C29H28N3O3S+. The number of anilines is 2. The highest BCUT2D eigenvalue weighted by molar-refractivity contribution is 7.18. The number of hydrogen-bond acceptors (Lipinski definition) is 4. The second-order valence-corrected chi connectivity index (χ2v) is 9.92. The Balaban J connectivity index is 1.61. The van der Waals surface area contributed by atoms with Crippen LogP contribution in [0.1, 0.15) is 29.5 Å². The minimum absolute atomic E-state index is 0.0747. The molecule has 5 rings (SSSR count). The second kappa shape index (κ2) is 9.95. The van der Waals surface area contributed by atoms with Crippen molar-refractivity contribution in [3.8, 4) is 0 Å². The third-order valence-electron chi connectivity index (χ3n) is 6.48. The minimum Gasteiger partial charge on any atom is -0.480 e. The Bertz CT molecular complexity index is 1440. The van der Waals surface area contributed by atoms with Gasteiger partial charge < -0.3 is 14.9 Å². The number of thiazole rings is 1. The summed E-state index contributed by atoms with van der Waals surface area (Å²) in [6, 6.07) is 24.6. The molecule has 0 saturated carbocycles. The van der Waals surface area contributed by atoms with Crippen molar-refractivity contribution in [1.82, 2.24) is 4.90 Å². The van der Waals surface area contributed by atoms with E-state index in [1.165, 1.54) is 15.1 Å². The number of carbonyl (C=O) groups excluding carboxylic acids is 1. The fraction of sp³-hybridized carbons (Fsp3) is 0.207. The van der Waals surface area contributed by atoms with Crippen molar-refractivity contribution in [3.63, 3.8) is 0 Å². The summed E-state index contributed by atoms with van der Waals surface area (Å²) in [5.41, 5.74) is 6.25. The lowest BCUT2D eigenvalue weighted by molar-refractivity contribution is -0.642. The summed E-state index contributed by atoms with van der Waals surface area (Å²) in [4.78, 5) is 28.1. The number of nitrogens with zero attached hydrogens (tertiary/aromatic N) is 3. The maximum absolute atomic E-state index is 13.3. The fourth-order valence-electron chi connectivity index (χ4n) is 4.80. The summed E-state index contributed by atoms with van der Waals surface area (Å²) in [6.45, 7) is 2.14. The molecule has 4 aromatic rings. The van der Waals surface area contributed by atoms with Gasteiger partial charge in [-0.05, 0) is 24.6 Å². The number of rotatable bonds is 7. The Labute approximate surface area is 214 Å². The predicted molar refractivity (Wildman–Crippen MR) is 144 cm³/mol. The molecule has 1 aromatic heterocycles. The van der Waals surface area contributed by atoms with Crippen LogP contribution in [0, 0.1) is 0 Å². The van der Waals surface area contributed by atoms with E-state index in [9.17, 15) is 14.7 Å². The van der Waals surface area contributed by atoms with E-state index < -0.39 is 5.97 Å². The van der Waals surface area contributed by atoms with Gasteiger partial charge in [0.25, 0.3) is 5.01 Å². The summed E-state index contributed by atoms with van der Waals surface area (Å²) in [5, 5.41) is 10.4. The highest BCUT2D eigenvalue weighted by Crippen LogP contribution is 2.45. The highest BCUT2D eigenvalue weighted by atomic mass is 32.1. The normalized spacial score (nSPS) is 12.3. The Hall–Kier alpha value is -3.97. The topological polar surface area (TPSA) is 64.7 Å². The van der Waals surface area contributed by atoms with Crippen molar-refractivity contribution in [2.45, 2.75) is 13.3 Å². The van der Waals surface area contributed by atoms with Crippen LogP contribution in [0.25, 0.3) is 21.9 Å². The molecule has 1 aliphatic heterocycles. The van der Waals surface area contributed by atoms with Gasteiger partial charge in [-0.25, -0.2) is 0 Å². The van der Waals surface area contributed by atoms with E-state index in [-0.39, 0.29) is 19.0 Å². The average molecular weight is 499 g/mol. The summed E-state index contributed by atoms with van der Waals surface area (Å²) in [6.07, 6.45) is 2.93. The molecule has 0 saturated heterocycles. The fourth-order valence-corrected chi connectivity index (χ4v) is 5.90. The van der Waals surface area contributed by atoms with E-state index in [4.69, 9.17) is 0 Å². The van der Waals surface area contributed by atoms with Crippen LogP contribution < -0.4 is 9.47 Å². The van der Waals surface area contributed by atoms with E-state index in [1.54, 1.807) is 11.3 Å². The molecule has 0 aliphatic carbocycles. The Morgan fingerprint density at radius 3 is 2.19 bits per heavy atom. The first kappa shape index (κ1) is 23.8. The van der Waals surface area contributed by atoms with Gasteiger partial charge in [0, 0.05) is 46.8 Å². The zero-order valence-electron chi connectivity index (χ0n) is 20.3. The van der Waals surface area contributed by atoms with E-state index >= 15 is 0 Å². The van der Waals surface area contributed by atoms with Crippen molar-refractivity contribution in [2.24, 2.45) is 7.05 Å². The van der Waals surface area contributed by atoms with E-state index in [2.05, 4.69) is 54.1 Å². The molecule has 182 valence electrons. The first-order valence-electron chi connectivity index (χ1n) is 12.0. The monoisotopic (exact) mass is 498 g/mol. The lowest BCUT2D eigenvalue weighted by Crippen LogP contribution is -2.42. The maximum Gasteiger partial charge on any atom is 0.323 e. The van der Waals surface area contributed by atoms with Crippen LogP contribution in [0.2, 0.25) is 0 Å². The van der Waals surface area contributed by atoms with Crippen LogP contribution in [0.4, 0.5) is 11.4 Å². The molecule has 0 fully saturated rings. The van der Waals surface area contributed by atoms with Crippen molar-refractivity contribution < 1.29 is 19.3 Å². The van der Waals surface area contributed by atoms with E-state index in [0.717, 1.165) is 33.1 Å². The third kappa shape index (κ3) is 4.38. The van der Waals surface area contributed by atoms with Gasteiger partial charge in [0.15, 0.2) is 0 Å². The van der Waals surface area contributed by atoms with Crippen molar-refractivity contribution in [3.05, 3.63) is 88.9 Å². The lowest BCUT2D eigenvalue weighted by Gasteiger charge is -2.35.